The van der Waals surface area contributed by atoms with Gasteiger partial charge in [0.2, 0.25) is 0 Å². The summed E-state index contributed by atoms with van der Waals surface area (Å²) in [6, 6.07) is 7.97. The number of rotatable bonds is 9. The molecule has 0 spiro atoms. The van der Waals surface area contributed by atoms with Gasteiger partial charge in [0, 0.05) is 17.6 Å². The Morgan fingerprint density at radius 3 is 2.76 bits per heavy atom. The summed E-state index contributed by atoms with van der Waals surface area (Å²) in [5.74, 6) is 0. The number of amides is 1. The summed E-state index contributed by atoms with van der Waals surface area (Å²) in [5, 5.41) is 14.8. The first-order valence-electron chi connectivity index (χ1n) is 7.06. The van der Waals surface area contributed by atoms with Crippen LogP contribution >= 0.6 is 11.6 Å². The van der Waals surface area contributed by atoms with Crippen LogP contribution in [0, 0.1) is 0 Å². The van der Waals surface area contributed by atoms with Crippen molar-refractivity contribution in [1.82, 2.24) is 10.6 Å². The Labute approximate surface area is 130 Å². The number of carbonyl (C=O) groups is 1. The fourth-order valence-electron chi connectivity index (χ4n) is 1.92. The van der Waals surface area contributed by atoms with Gasteiger partial charge in [0.25, 0.3) is 0 Å². The normalized spacial score (nSPS) is 12.4. The van der Waals surface area contributed by atoms with Gasteiger partial charge < -0.3 is 20.5 Å². The molecule has 5 nitrogen and oxygen atoms in total. The lowest BCUT2D eigenvalue weighted by atomic mass is 10.1. The first kappa shape index (κ1) is 17.8. The summed E-state index contributed by atoms with van der Waals surface area (Å²) in [4.78, 5) is 10.4. The zero-order chi connectivity index (χ0) is 15.7. The predicted molar refractivity (Wildman–Crippen MR) is 83.9 cm³/mol. The summed E-state index contributed by atoms with van der Waals surface area (Å²) < 4.78 is 5.79. The highest BCUT2D eigenvalue weighted by atomic mass is 35.5. The quantitative estimate of drug-likeness (QED) is 0.613. The Morgan fingerprint density at radius 2 is 2.14 bits per heavy atom. The van der Waals surface area contributed by atoms with Crippen molar-refractivity contribution < 1.29 is 14.6 Å². The second-order valence-corrected chi connectivity index (χ2v) is 5.48. The van der Waals surface area contributed by atoms with Crippen molar-refractivity contribution in [2.75, 3.05) is 19.7 Å². The molecule has 1 unspecified atom stereocenters. The standard InChI is InChI=1S/C15H23ClN2O3/c1-11(2)17-7-6-14(21-9-8-18-15(19)20)12-4-3-5-13(16)10-12/h3-5,10-11,14,17-18H,6-9H2,1-2H3,(H,19,20). The molecule has 1 rings (SSSR count). The van der Waals surface area contributed by atoms with Crippen molar-refractivity contribution >= 4 is 17.7 Å². The highest BCUT2D eigenvalue weighted by molar-refractivity contribution is 6.30. The molecule has 1 aromatic rings. The minimum absolute atomic E-state index is 0.106. The number of benzene rings is 1. The second kappa shape index (κ2) is 9.60. The van der Waals surface area contributed by atoms with Crippen molar-refractivity contribution in [2.45, 2.75) is 32.4 Å². The third-order valence-electron chi connectivity index (χ3n) is 2.88. The van der Waals surface area contributed by atoms with Crippen LogP contribution in [-0.2, 0) is 4.74 Å². The van der Waals surface area contributed by atoms with E-state index in [2.05, 4.69) is 24.5 Å². The number of hydrogen-bond acceptors (Lipinski definition) is 3. The van der Waals surface area contributed by atoms with Gasteiger partial charge in [0.15, 0.2) is 0 Å². The Balaban J connectivity index is 2.54. The van der Waals surface area contributed by atoms with Gasteiger partial charge in [0.1, 0.15) is 0 Å². The molecule has 0 aliphatic rings. The fourth-order valence-corrected chi connectivity index (χ4v) is 2.11. The SMILES string of the molecule is CC(C)NCCC(OCCNC(=O)O)c1cccc(Cl)c1. The average Bonchev–Trinajstić information content (AvgIpc) is 2.40. The number of hydrogen-bond donors (Lipinski definition) is 3. The molecule has 6 heteroatoms. The van der Waals surface area contributed by atoms with Crippen LogP contribution in [0.4, 0.5) is 4.79 Å². The Kier molecular flexibility index (Phi) is 8.12. The lowest BCUT2D eigenvalue weighted by molar-refractivity contribution is 0.0484. The van der Waals surface area contributed by atoms with Gasteiger partial charge in [-0.1, -0.05) is 37.6 Å². The van der Waals surface area contributed by atoms with E-state index in [-0.39, 0.29) is 12.6 Å². The van der Waals surface area contributed by atoms with Gasteiger partial charge in [-0.3, -0.25) is 0 Å². The van der Waals surface area contributed by atoms with E-state index in [4.69, 9.17) is 21.4 Å². The molecule has 0 heterocycles. The molecule has 1 atom stereocenters. The average molecular weight is 315 g/mol. The molecule has 118 valence electrons. The maximum absolute atomic E-state index is 10.4. The van der Waals surface area contributed by atoms with Crippen LogP contribution < -0.4 is 10.6 Å². The van der Waals surface area contributed by atoms with Crippen LogP contribution in [0.1, 0.15) is 31.9 Å². The maximum Gasteiger partial charge on any atom is 0.404 e. The highest BCUT2D eigenvalue weighted by Crippen LogP contribution is 2.23. The Hall–Kier alpha value is -1.30. The van der Waals surface area contributed by atoms with Crippen LogP contribution in [-0.4, -0.2) is 36.9 Å². The minimum Gasteiger partial charge on any atom is -0.465 e. The van der Waals surface area contributed by atoms with E-state index in [0.29, 0.717) is 17.7 Å². The molecular formula is C15H23ClN2O3. The zero-order valence-electron chi connectivity index (χ0n) is 12.4. The van der Waals surface area contributed by atoms with Crippen LogP contribution in [0.5, 0.6) is 0 Å². The fraction of sp³-hybridized carbons (Fsp3) is 0.533. The monoisotopic (exact) mass is 314 g/mol. The highest BCUT2D eigenvalue weighted by Gasteiger charge is 2.12. The smallest absolute Gasteiger partial charge is 0.404 e. The topological polar surface area (TPSA) is 70.6 Å². The van der Waals surface area contributed by atoms with Gasteiger partial charge in [-0.05, 0) is 30.7 Å². The Morgan fingerprint density at radius 1 is 1.38 bits per heavy atom. The lowest BCUT2D eigenvalue weighted by Gasteiger charge is -2.20. The molecule has 1 aromatic carbocycles. The van der Waals surface area contributed by atoms with Gasteiger partial charge in [-0.15, -0.1) is 0 Å². The minimum atomic E-state index is -1.04. The van der Waals surface area contributed by atoms with Crippen molar-refractivity contribution in [3.05, 3.63) is 34.9 Å². The summed E-state index contributed by atoms with van der Waals surface area (Å²) in [7, 11) is 0. The molecule has 0 fully saturated rings. The van der Waals surface area contributed by atoms with Gasteiger partial charge in [-0.25, -0.2) is 4.79 Å². The number of carboxylic acid groups (broad SMARTS) is 1. The second-order valence-electron chi connectivity index (χ2n) is 5.04. The van der Waals surface area contributed by atoms with Crippen molar-refractivity contribution in [3.63, 3.8) is 0 Å². The van der Waals surface area contributed by atoms with E-state index in [1.165, 1.54) is 0 Å². The largest absolute Gasteiger partial charge is 0.465 e. The predicted octanol–water partition coefficient (Wildman–Crippen LogP) is 3.05. The van der Waals surface area contributed by atoms with Crippen LogP contribution in [0.2, 0.25) is 5.02 Å². The third kappa shape index (κ3) is 7.90. The molecule has 0 radical (unpaired) electrons. The molecule has 21 heavy (non-hydrogen) atoms. The molecule has 0 saturated carbocycles. The van der Waals surface area contributed by atoms with Gasteiger partial charge in [0.05, 0.1) is 12.7 Å². The first-order valence-corrected chi connectivity index (χ1v) is 7.44. The number of halogens is 1. The number of ether oxygens (including phenoxy) is 1. The molecular weight excluding hydrogens is 292 g/mol. The summed E-state index contributed by atoms with van der Waals surface area (Å²) >= 11 is 6.02. The number of nitrogens with one attached hydrogen (secondary N) is 2. The molecule has 3 N–H and O–H groups in total. The molecule has 0 aliphatic heterocycles. The van der Waals surface area contributed by atoms with E-state index < -0.39 is 6.09 Å². The van der Waals surface area contributed by atoms with Crippen molar-refractivity contribution in [1.29, 1.82) is 0 Å². The summed E-state index contributed by atoms with van der Waals surface area (Å²) in [6.45, 7) is 5.59. The molecule has 1 amide bonds. The molecule has 0 bridgehead atoms. The van der Waals surface area contributed by atoms with Gasteiger partial charge in [-0.2, -0.15) is 0 Å². The van der Waals surface area contributed by atoms with Crippen LogP contribution in [0.3, 0.4) is 0 Å². The van der Waals surface area contributed by atoms with Crippen LogP contribution in [0.15, 0.2) is 24.3 Å². The summed E-state index contributed by atoms with van der Waals surface area (Å²) in [6.07, 6.45) is -0.351. The van der Waals surface area contributed by atoms with Crippen LogP contribution in [0.25, 0.3) is 0 Å². The van der Waals surface area contributed by atoms with E-state index in [9.17, 15) is 4.79 Å². The van der Waals surface area contributed by atoms with Crippen molar-refractivity contribution in [2.24, 2.45) is 0 Å². The van der Waals surface area contributed by atoms with Gasteiger partial charge >= 0.3 is 6.09 Å². The van der Waals surface area contributed by atoms with E-state index in [0.717, 1.165) is 18.5 Å². The summed E-state index contributed by atoms with van der Waals surface area (Å²) in [5.41, 5.74) is 1.00. The van der Waals surface area contributed by atoms with E-state index in [1.807, 2.05) is 24.3 Å². The third-order valence-corrected chi connectivity index (χ3v) is 3.11. The molecule has 0 aromatic heterocycles. The maximum atomic E-state index is 10.4. The molecule has 0 saturated heterocycles. The lowest BCUT2D eigenvalue weighted by Crippen LogP contribution is -2.28. The zero-order valence-corrected chi connectivity index (χ0v) is 13.2. The Bertz CT molecular complexity index is 441. The van der Waals surface area contributed by atoms with E-state index >= 15 is 0 Å². The molecule has 0 aliphatic carbocycles. The van der Waals surface area contributed by atoms with Crippen molar-refractivity contribution in [3.8, 4) is 0 Å². The van der Waals surface area contributed by atoms with E-state index in [1.54, 1.807) is 0 Å². The first-order chi connectivity index (χ1) is 9.99.